The number of allylic oxidation sites excluding steroid dienone is 1. The van der Waals surface area contributed by atoms with Gasteiger partial charge < -0.3 is 10.2 Å². The minimum absolute atomic E-state index is 0.138. The zero-order chi connectivity index (χ0) is 17.5. The normalized spacial score (nSPS) is 18.0. The molecular formula is C21H29FN2S. The van der Waals surface area contributed by atoms with Crippen molar-refractivity contribution in [3.63, 3.8) is 0 Å². The highest BCUT2D eigenvalue weighted by molar-refractivity contribution is 7.80. The van der Waals surface area contributed by atoms with Gasteiger partial charge >= 0.3 is 0 Å². The maximum atomic E-state index is 14.1. The van der Waals surface area contributed by atoms with Crippen molar-refractivity contribution in [3.8, 4) is 0 Å². The summed E-state index contributed by atoms with van der Waals surface area (Å²) in [6.45, 7) is 1.44. The quantitative estimate of drug-likeness (QED) is 0.545. The molecule has 0 heterocycles. The summed E-state index contributed by atoms with van der Waals surface area (Å²) in [6, 6.07) is 7.49. The molecule has 1 N–H and O–H groups in total. The lowest BCUT2D eigenvalue weighted by molar-refractivity contribution is 0.299. The molecule has 0 atom stereocenters. The number of nitrogens with zero attached hydrogens (tertiary/aromatic N) is 1. The summed E-state index contributed by atoms with van der Waals surface area (Å²) in [7, 11) is 0. The Morgan fingerprint density at radius 1 is 1.16 bits per heavy atom. The van der Waals surface area contributed by atoms with Gasteiger partial charge in [-0.1, -0.05) is 42.7 Å². The molecule has 1 fully saturated rings. The smallest absolute Gasteiger partial charge is 0.169 e. The first-order valence-electron chi connectivity index (χ1n) is 9.70. The van der Waals surface area contributed by atoms with E-state index in [0.29, 0.717) is 12.6 Å². The Bertz CT molecular complexity index is 608. The van der Waals surface area contributed by atoms with Crippen molar-refractivity contribution in [2.75, 3.05) is 6.54 Å². The Labute approximate surface area is 156 Å². The van der Waals surface area contributed by atoms with Gasteiger partial charge in [-0.2, -0.15) is 0 Å². The molecule has 1 aromatic carbocycles. The van der Waals surface area contributed by atoms with E-state index in [0.717, 1.165) is 36.5 Å². The molecular weight excluding hydrogens is 331 g/mol. The van der Waals surface area contributed by atoms with Crippen LogP contribution in [0, 0.1) is 5.82 Å². The first-order valence-corrected chi connectivity index (χ1v) is 10.1. The average molecular weight is 361 g/mol. The minimum atomic E-state index is -0.138. The number of hydrogen-bond donors (Lipinski definition) is 1. The van der Waals surface area contributed by atoms with Gasteiger partial charge in [0.1, 0.15) is 5.82 Å². The maximum absolute atomic E-state index is 14.1. The van der Waals surface area contributed by atoms with E-state index in [4.69, 9.17) is 12.2 Å². The molecule has 0 aromatic heterocycles. The zero-order valence-corrected chi connectivity index (χ0v) is 15.8. The fourth-order valence-electron chi connectivity index (χ4n) is 3.96. The molecule has 0 spiro atoms. The summed E-state index contributed by atoms with van der Waals surface area (Å²) in [5.74, 6) is -0.138. The Hall–Kier alpha value is -1.42. The van der Waals surface area contributed by atoms with Crippen molar-refractivity contribution in [2.45, 2.75) is 70.4 Å². The lowest BCUT2D eigenvalue weighted by atomic mass is 9.97. The predicted molar refractivity (Wildman–Crippen MR) is 106 cm³/mol. The molecule has 0 amide bonds. The monoisotopic (exact) mass is 360 g/mol. The van der Waals surface area contributed by atoms with Gasteiger partial charge in [0.05, 0.1) is 0 Å². The number of thiocarbonyl (C=S) groups is 1. The van der Waals surface area contributed by atoms with E-state index in [1.807, 2.05) is 12.1 Å². The van der Waals surface area contributed by atoms with Crippen molar-refractivity contribution in [2.24, 2.45) is 0 Å². The van der Waals surface area contributed by atoms with Crippen LogP contribution in [0.25, 0.3) is 0 Å². The first kappa shape index (κ1) is 18.4. The molecule has 25 heavy (non-hydrogen) atoms. The molecule has 2 aliphatic rings. The van der Waals surface area contributed by atoms with Gasteiger partial charge in [0, 0.05) is 24.7 Å². The van der Waals surface area contributed by atoms with Crippen LogP contribution in [0.2, 0.25) is 0 Å². The van der Waals surface area contributed by atoms with Crippen LogP contribution < -0.4 is 5.32 Å². The van der Waals surface area contributed by atoms with E-state index in [-0.39, 0.29) is 5.82 Å². The van der Waals surface area contributed by atoms with Gasteiger partial charge in [-0.25, -0.2) is 4.39 Å². The minimum Gasteiger partial charge on any atom is -0.362 e. The predicted octanol–water partition coefficient (Wildman–Crippen LogP) is 5.34. The maximum Gasteiger partial charge on any atom is 0.169 e. The second kappa shape index (κ2) is 9.33. The highest BCUT2D eigenvalue weighted by Crippen LogP contribution is 2.26. The van der Waals surface area contributed by atoms with Crippen LogP contribution >= 0.6 is 12.2 Å². The topological polar surface area (TPSA) is 15.3 Å². The zero-order valence-electron chi connectivity index (χ0n) is 15.0. The van der Waals surface area contributed by atoms with Crippen molar-refractivity contribution in [1.29, 1.82) is 0 Å². The van der Waals surface area contributed by atoms with Gasteiger partial charge in [0.2, 0.25) is 0 Å². The van der Waals surface area contributed by atoms with E-state index >= 15 is 0 Å². The van der Waals surface area contributed by atoms with Crippen LogP contribution in [-0.2, 0) is 6.54 Å². The molecule has 0 unspecified atom stereocenters. The molecule has 1 aromatic rings. The Kier molecular flexibility index (Phi) is 6.85. The summed E-state index contributed by atoms with van der Waals surface area (Å²) in [6.07, 6.45) is 13.4. The summed E-state index contributed by atoms with van der Waals surface area (Å²) in [5, 5.41) is 4.22. The van der Waals surface area contributed by atoms with Crippen molar-refractivity contribution in [3.05, 3.63) is 47.3 Å². The summed E-state index contributed by atoms with van der Waals surface area (Å²) >= 11 is 5.69. The number of rotatable bonds is 6. The molecule has 0 saturated heterocycles. The van der Waals surface area contributed by atoms with Crippen LogP contribution in [0.1, 0.15) is 63.4 Å². The van der Waals surface area contributed by atoms with Gasteiger partial charge in [-0.15, -0.1) is 0 Å². The lowest BCUT2D eigenvalue weighted by Gasteiger charge is -2.32. The molecule has 136 valence electrons. The number of halogens is 1. The molecule has 0 aliphatic heterocycles. The third-order valence-corrected chi connectivity index (χ3v) is 5.81. The van der Waals surface area contributed by atoms with E-state index in [1.54, 1.807) is 11.6 Å². The Morgan fingerprint density at radius 2 is 1.96 bits per heavy atom. The second-order valence-electron chi connectivity index (χ2n) is 7.25. The van der Waals surface area contributed by atoms with Crippen LogP contribution in [0.3, 0.4) is 0 Å². The largest absolute Gasteiger partial charge is 0.362 e. The molecule has 1 saturated carbocycles. The fourth-order valence-corrected chi connectivity index (χ4v) is 4.27. The molecule has 3 rings (SSSR count). The Balaban J connectivity index is 1.59. The van der Waals surface area contributed by atoms with Crippen molar-refractivity contribution in [1.82, 2.24) is 10.2 Å². The van der Waals surface area contributed by atoms with Gasteiger partial charge in [-0.3, -0.25) is 0 Å². The van der Waals surface area contributed by atoms with E-state index in [2.05, 4.69) is 16.3 Å². The molecule has 0 bridgehead atoms. The highest BCUT2D eigenvalue weighted by Gasteiger charge is 2.25. The molecule has 4 heteroatoms. The van der Waals surface area contributed by atoms with Crippen LogP contribution in [0.5, 0.6) is 0 Å². The average Bonchev–Trinajstić information content (AvgIpc) is 3.16. The third-order valence-electron chi connectivity index (χ3n) is 5.43. The van der Waals surface area contributed by atoms with E-state index in [9.17, 15) is 4.39 Å². The van der Waals surface area contributed by atoms with E-state index in [1.165, 1.54) is 44.6 Å². The van der Waals surface area contributed by atoms with E-state index < -0.39 is 0 Å². The lowest BCUT2D eigenvalue weighted by Crippen LogP contribution is -2.45. The highest BCUT2D eigenvalue weighted by atomic mass is 32.1. The summed E-state index contributed by atoms with van der Waals surface area (Å²) in [5.41, 5.74) is 2.29. The van der Waals surface area contributed by atoms with Crippen LogP contribution in [0.4, 0.5) is 4.39 Å². The second-order valence-corrected chi connectivity index (χ2v) is 7.63. The fraction of sp³-hybridized carbons (Fsp3) is 0.571. The number of benzene rings is 1. The van der Waals surface area contributed by atoms with Crippen LogP contribution in [0.15, 0.2) is 35.9 Å². The van der Waals surface area contributed by atoms with Gasteiger partial charge in [0.15, 0.2) is 5.11 Å². The number of nitrogens with one attached hydrogen (secondary N) is 1. The molecule has 0 radical (unpaired) electrons. The standard InChI is InChI=1S/C21H29FN2S/c22-20-13-7-4-10-18(20)16-24(19-11-5-6-12-19)21(25)23-15-14-17-8-2-1-3-9-17/h4,7-8,10,13,19H,1-3,5-6,9,11-12,14-16H2,(H,23,25). The summed E-state index contributed by atoms with van der Waals surface area (Å²) in [4.78, 5) is 2.22. The molecule has 2 nitrogen and oxygen atoms in total. The Morgan fingerprint density at radius 3 is 2.68 bits per heavy atom. The van der Waals surface area contributed by atoms with Crippen LogP contribution in [-0.4, -0.2) is 22.6 Å². The summed E-state index contributed by atoms with van der Waals surface area (Å²) < 4.78 is 14.1. The number of hydrogen-bond acceptors (Lipinski definition) is 1. The van der Waals surface area contributed by atoms with Gasteiger partial charge in [-0.05, 0) is 63.2 Å². The van der Waals surface area contributed by atoms with Crippen molar-refractivity contribution >= 4 is 17.3 Å². The SMILES string of the molecule is Fc1ccccc1CN(C(=S)NCCC1=CCCCC1)C1CCCC1. The third kappa shape index (κ3) is 5.27. The van der Waals surface area contributed by atoms with Crippen molar-refractivity contribution < 1.29 is 4.39 Å². The molecule has 2 aliphatic carbocycles. The van der Waals surface area contributed by atoms with Gasteiger partial charge in [0.25, 0.3) is 0 Å². The first-order chi connectivity index (χ1) is 12.2.